The molecule has 120 valence electrons. The lowest BCUT2D eigenvalue weighted by atomic mass is 10.0. The number of aryl methyl sites for hydroxylation is 1. The molecule has 0 bridgehead atoms. The van der Waals surface area contributed by atoms with Crippen LogP contribution in [0.2, 0.25) is 0 Å². The van der Waals surface area contributed by atoms with Gasteiger partial charge in [-0.3, -0.25) is 0 Å². The van der Waals surface area contributed by atoms with Gasteiger partial charge in [0.1, 0.15) is 9.54 Å². The second-order valence-electron chi connectivity index (χ2n) is 5.45. The quantitative estimate of drug-likeness (QED) is 0.355. The number of halogens is 2. The number of hydrogen-bond donors (Lipinski definition) is 0. The Morgan fingerprint density at radius 2 is 1.64 bits per heavy atom. The van der Waals surface area contributed by atoms with Crippen molar-refractivity contribution < 1.29 is 4.74 Å². The Balaban J connectivity index is 1.77. The molecular weight excluding hydrogens is 424 g/mol. The van der Waals surface area contributed by atoms with Crippen LogP contribution >= 0.6 is 43.2 Å². The van der Waals surface area contributed by atoms with Crippen molar-refractivity contribution >= 4 is 43.2 Å². The summed E-state index contributed by atoms with van der Waals surface area (Å²) in [5, 5.41) is 0. The molecule has 0 aliphatic heterocycles. The highest BCUT2D eigenvalue weighted by Gasteiger charge is 2.07. The van der Waals surface area contributed by atoms with Gasteiger partial charge in [-0.25, -0.2) is 0 Å². The number of hydrogen-bond acceptors (Lipinski definition) is 2. The minimum Gasteiger partial charge on any atom is -0.455 e. The Kier molecular flexibility index (Phi) is 7.98. The first kappa shape index (κ1) is 18.0. The fourth-order valence-corrected chi connectivity index (χ4v) is 4.96. The van der Waals surface area contributed by atoms with Crippen LogP contribution in [0.3, 0.4) is 0 Å². The third-order valence-corrected chi connectivity index (χ3v) is 5.88. The first-order valence-electron chi connectivity index (χ1n) is 7.90. The van der Waals surface area contributed by atoms with E-state index in [9.17, 15) is 0 Å². The van der Waals surface area contributed by atoms with Crippen molar-refractivity contribution in [1.29, 1.82) is 0 Å². The first-order valence-corrected chi connectivity index (χ1v) is 10.3. The van der Waals surface area contributed by atoms with Gasteiger partial charge in [-0.15, -0.1) is 11.3 Å². The van der Waals surface area contributed by atoms with Crippen molar-refractivity contribution in [1.82, 2.24) is 0 Å². The van der Waals surface area contributed by atoms with E-state index < -0.39 is 0 Å². The Labute approximate surface area is 154 Å². The fourth-order valence-electron chi connectivity index (χ4n) is 2.36. The van der Waals surface area contributed by atoms with Gasteiger partial charge >= 0.3 is 0 Å². The Bertz CT molecular complexity index is 563. The summed E-state index contributed by atoms with van der Waals surface area (Å²) in [5.74, 6) is 1.75. The van der Waals surface area contributed by atoms with Crippen LogP contribution in [0.5, 0.6) is 11.5 Å². The van der Waals surface area contributed by atoms with Gasteiger partial charge in [0.25, 0.3) is 0 Å². The third-order valence-electron chi connectivity index (χ3n) is 3.60. The number of unbranched alkanes of at least 4 members (excludes halogenated alkanes) is 5. The molecule has 0 spiro atoms. The van der Waals surface area contributed by atoms with Gasteiger partial charge in [0.05, 0.1) is 3.79 Å². The van der Waals surface area contributed by atoms with E-state index in [4.69, 9.17) is 4.74 Å². The molecule has 0 unspecified atom stereocenters. The highest BCUT2D eigenvalue weighted by atomic mass is 79.9. The lowest BCUT2D eigenvalue weighted by Crippen LogP contribution is -1.88. The molecule has 4 heteroatoms. The zero-order valence-corrected chi connectivity index (χ0v) is 16.9. The van der Waals surface area contributed by atoms with Gasteiger partial charge in [-0.2, -0.15) is 0 Å². The van der Waals surface area contributed by atoms with Gasteiger partial charge in [0, 0.05) is 6.07 Å². The SMILES string of the molecule is CCCCCCCCc1ccc(Oc2cc(Br)sc2Br)cc1. The monoisotopic (exact) mass is 444 g/mol. The van der Waals surface area contributed by atoms with Gasteiger partial charge in [0.15, 0.2) is 5.75 Å². The van der Waals surface area contributed by atoms with Crippen molar-refractivity contribution in [3.05, 3.63) is 43.5 Å². The predicted molar refractivity (Wildman–Crippen MR) is 103 cm³/mol. The van der Waals surface area contributed by atoms with Gasteiger partial charge in [-0.1, -0.05) is 51.2 Å². The fraction of sp³-hybridized carbons (Fsp3) is 0.444. The Morgan fingerprint density at radius 3 is 2.27 bits per heavy atom. The Morgan fingerprint density at radius 1 is 0.955 bits per heavy atom. The summed E-state index contributed by atoms with van der Waals surface area (Å²) in [6.45, 7) is 2.26. The molecule has 0 saturated heterocycles. The average Bonchev–Trinajstić information content (AvgIpc) is 2.82. The number of rotatable bonds is 9. The molecule has 0 N–H and O–H groups in total. The predicted octanol–water partition coefficient (Wildman–Crippen LogP) is 7.97. The topological polar surface area (TPSA) is 9.23 Å². The van der Waals surface area contributed by atoms with Crippen LogP contribution in [0.4, 0.5) is 0 Å². The summed E-state index contributed by atoms with van der Waals surface area (Å²) >= 11 is 8.60. The van der Waals surface area contributed by atoms with Crippen LogP contribution in [0.15, 0.2) is 37.9 Å². The molecule has 0 fully saturated rings. The molecule has 1 aromatic heterocycles. The highest BCUT2D eigenvalue weighted by Crippen LogP contribution is 2.39. The molecule has 22 heavy (non-hydrogen) atoms. The zero-order chi connectivity index (χ0) is 15.8. The van der Waals surface area contributed by atoms with E-state index in [1.807, 2.05) is 6.07 Å². The maximum atomic E-state index is 5.89. The number of ether oxygens (including phenoxy) is 1. The Hall–Kier alpha value is -0.320. The van der Waals surface area contributed by atoms with Gasteiger partial charge < -0.3 is 4.74 Å². The third kappa shape index (κ3) is 6.05. The van der Waals surface area contributed by atoms with E-state index in [0.717, 1.165) is 19.1 Å². The van der Waals surface area contributed by atoms with Gasteiger partial charge in [0.2, 0.25) is 0 Å². The highest BCUT2D eigenvalue weighted by molar-refractivity contribution is 9.12. The summed E-state index contributed by atoms with van der Waals surface area (Å²) in [5.41, 5.74) is 1.40. The summed E-state index contributed by atoms with van der Waals surface area (Å²) in [7, 11) is 0. The van der Waals surface area contributed by atoms with E-state index in [1.165, 1.54) is 50.5 Å². The van der Waals surface area contributed by atoms with Crippen molar-refractivity contribution in [3.8, 4) is 11.5 Å². The van der Waals surface area contributed by atoms with Crippen LogP contribution in [-0.2, 0) is 6.42 Å². The van der Waals surface area contributed by atoms with Crippen LogP contribution < -0.4 is 4.74 Å². The van der Waals surface area contributed by atoms with Gasteiger partial charge in [-0.05, 0) is 62.4 Å². The number of benzene rings is 1. The summed E-state index contributed by atoms with van der Waals surface area (Å²) in [6.07, 6.45) is 9.24. The maximum absolute atomic E-state index is 5.89. The molecule has 0 aliphatic rings. The largest absolute Gasteiger partial charge is 0.455 e. The van der Waals surface area contributed by atoms with Crippen molar-refractivity contribution in [2.45, 2.75) is 51.9 Å². The molecule has 0 aliphatic carbocycles. The lowest BCUT2D eigenvalue weighted by Gasteiger charge is -2.06. The maximum Gasteiger partial charge on any atom is 0.153 e. The molecule has 0 amide bonds. The average molecular weight is 446 g/mol. The minimum absolute atomic E-state index is 0.862. The van der Waals surface area contributed by atoms with Crippen LogP contribution in [-0.4, -0.2) is 0 Å². The normalized spacial score (nSPS) is 10.9. The van der Waals surface area contributed by atoms with Crippen LogP contribution in [0, 0.1) is 0 Å². The molecule has 0 radical (unpaired) electrons. The molecule has 1 aromatic carbocycles. The minimum atomic E-state index is 0.862. The second kappa shape index (κ2) is 9.74. The molecule has 2 rings (SSSR count). The first-order chi connectivity index (χ1) is 10.7. The van der Waals surface area contributed by atoms with Crippen molar-refractivity contribution in [3.63, 3.8) is 0 Å². The standard InChI is InChI=1S/C18H22Br2OS/c1-2-3-4-5-6-7-8-14-9-11-15(12-10-14)21-16-13-17(19)22-18(16)20/h9-13H,2-8H2,1H3. The number of thiophene rings is 1. The van der Waals surface area contributed by atoms with E-state index in [-0.39, 0.29) is 0 Å². The van der Waals surface area contributed by atoms with E-state index >= 15 is 0 Å². The summed E-state index contributed by atoms with van der Waals surface area (Å²) in [6, 6.07) is 10.5. The summed E-state index contributed by atoms with van der Waals surface area (Å²) in [4.78, 5) is 0. The van der Waals surface area contributed by atoms with Crippen molar-refractivity contribution in [2.24, 2.45) is 0 Å². The summed E-state index contributed by atoms with van der Waals surface area (Å²) < 4.78 is 7.96. The molecule has 1 heterocycles. The molecule has 0 saturated carbocycles. The van der Waals surface area contributed by atoms with E-state index in [2.05, 4.69) is 63.0 Å². The zero-order valence-electron chi connectivity index (χ0n) is 12.9. The molecule has 1 nitrogen and oxygen atoms in total. The smallest absolute Gasteiger partial charge is 0.153 e. The molecule has 2 aromatic rings. The van der Waals surface area contributed by atoms with Crippen molar-refractivity contribution in [2.75, 3.05) is 0 Å². The van der Waals surface area contributed by atoms with E-state index in [0.29, 0.717) is 0 Å². The van der Waals surface area contributed by atoms with Crippen LogP contribution in [0.1, 0.15) is 51.0 Å². The molecular formula is C18H22Br2OS. The van der Waals surface area contributed by atoms with E-state index in [1.54, 1.807) is 11.3 Å². The second-order valence-corrected chi connectivity index (χ2v) is 9.20. The lowest BCUT2D eigenvalue weighted by molar-refractivity contribution is 0.482. The molecule has 0 atom stereocenters. The van der Waals surface area contributed by atoms with Crippen LogP contribution in [0.25, 0.3) is 0 Å².